The third-order valence-corrected chi connectivity index (χ3v) is 5.10. The fourth-order valence-corrected chi connectivity index (χ4v) is 3.26. The number of nitrogens with one attached hydrogen (secondary N) is 2. The Morgan fingerprint density at radius 2 is 2.17 bits per heavy atom. The fraction of sp³-hybridized carbons (Fsp3) is 0.125. The van der Waals surface area contributed by atoms with E-state index in [4.69, 9.17) is 10.7 Å². The number of nitrogens with zero attached hydrogens (tertiary/aromatic N) is 2. The van der Waals surface area contributed by atoms with Gasteiger partial charge in [0.15, 0.2) is 0 Å². The van der Waals surface area contributed by atoms with Crippen molar-refractivity contribution in [2.24, 2.45) is 5.73 Å². The van der Waals surface area contributed by atoms with Crippen LogP contribution in [0, 0.1) is 16.4 Å². The molecule has 0 atom stereocenters. The summed E-state index contributed by atoms with van der Waals surface area (Å²) < 4.78 is 14.8. The molecule has 0 bridgehead atoms. The topological polar surface area (TPSA) is 79.6 Å². The molecule has 4 N–H and O–H groups in total. The lowest BCUT2D eigenvalue weighted by Crippen LogP contribution is -2.21. The molecule has 4 rings (SSSR count). The van der Waals surface area contributed by atoms with Crippen LogP contribution < -0.4 is 11.1 Å². The van der Waals surface area contributed by atoms with Gasteiger partial charge in [0, 0.05) is 16.7 Å². The van der Waals surface area contributed by atoms with Crippen molar-refractivity contribution in [2.75, 3.05) is 11.9 Å². The Hall–Kier alpha value is -2.16. The van der Waals surface area contributed by atoms with E-state index in [2.05, 4.69) is 44.2 Å². The van der Waals surface area contributed by atoms with E-state index in [1.165, 1.54) is 6.07 Å². The maximum atomic E-state index is 13.9. The van der Waals surface area contributed by atoms with Crippen LogP contribution in [-0.4, -0.2) is 21.7 Å². The second kappa shape index (κ2) is 5.19. The first-order valence-corrected chi connectivity index (χ1v) is 8.16. The number of H-pyrrole nitrogens is 1. The van der Waals surface area contributed by atoms with Crippen LogP contribution in [0.5, 0.6) is 0 Å². The number of aryl methyl sites for hydroxylation is 1. The van der Waals surface area contributed by atoms with Crippen LogP contribution in [0.25, 0.3) is 16.5 Å². The summed E-state index contributed by atoms with van der Waals surface area (Å²) in [5.41, 5.74) is 11.8. The molecule has 0 aliphatic carbocycles. The molecule has 0 spiro atoms. The molecule has 3 aromatic rings. The van der Waals surface area contributed by atoms with Crippen LogP contribution in [0.2, 0.25) is 0 Å². The summed E-state index contributed by atoms with van der Waals surface area (Å²) in [7, 11) is 0. The van der Waals surface area contributed by atoms with E-state index in [1.807, 2.05) is 6.92 Å². The van der Waals surface area contributed by atoms with E-state index < -0.39 is 0 Å². The van der Waals surface area contributed by atoms with E-state index in [9.17, 15) is 4.39 Å². The van der Waals surface area contributed by atoms with Gasteiger partial charge in [-0.05, 0) is 52.8 Å². The SMILES string of the molecule is Cc1cc2c(nc1I)C(c1ccc(F)c3[nH]ncc13)=C(N)CN2. The van der Waals surface area contributed by atoms with Gasteiger partial charge in [-0.25, -0.2) is 9.37 Å². The molecule has 1 aliphatic heterocycles. The van der Waals surface area contributed by atoms with E-state index in [1.54, 1.807) is 12.3 Å². The maximum Gasteiger partial charge on any atom is 0.148 e. The molecule has 0 saturated heterocycles. The van der Waals surface area contributed by atoms with Crippen LogP contribution in [0.4, 0.5) is 10.1 Å². The first-order valence-electron chi connectivity index (χ1n) is 7.08. The Morgan fingerprint density at radius 1 is 1.35 bits per heavy atom. The van der Waals surface area contributed by atoms with Gasteiger partial charge in [-0.15, -0.1) is 0 Å². The molecule has 5 nitrogen and oxygen atoms in total. The average Bonchev–Trinajstić information content (AvgIpc) is 3.01. The van der Waals surface area contributed by atoms with E-state index >= 15 is 0 Å². The predicted molar refractivity (Wildman–Crippen MR) is 96.4 cm³/mol. The third-order valence-electron chi connectivity index (χ3n) is 4.01. The predicted octanol–water partition coefficient (Wildman–Crippen LogP) is 3.15. The molecule has 23 heavy (non-hydrogen) atoms. The Morgan fingerprint density at radius 3 is 3.00 bits per heavy atom. The number of pyridine rings is 1. The van der Waals surface area contributed by atoms with E-state index in [0.29, 0.717) is 23.1 Å². The van der Waals surface area contributed by atoms with Gasteiger partial charge in [0.05, 0.1) is 24.1 Å². The summed E-state index contributed by atoms with van der Waals surface area (Å²) in [6, 6.07) is 5.22. The number of hydrogen-bond donors (Lipinski definition) is 3. The Kier molecular flexibility index (Phi) is 3.26. The molecule has 0 radical (unpaired) electrons. The number of benzene rings is 1. The van der Waals surface area contributed by atoms with Gasteiger partial charge in [-0.3, -0.25) is 5.10 Å². The van der Waals surface area contributed by atoms with Crippen molar-refractivity contribution in [3.8, 4) is 0 Å². The number of aromatic nitrogens is 3. The zero-order chi connectivity index (χ0) is 16.1. The van der Waals surface area contributed by atoms with Gasteiger partial charge in [-0.2, -0.15) is 5.10 Å². The highest BCUT2D eigenvalue weighted by atomic mass is 127. The molecule has 3 heterocycles. The largest absolute Gasteiger partial charge is 0.400 e. The van der Waals surface area contributed by atoms with Crippen molar-refractivity contribution in [2.45, 2.75) is 6.92 Å². The molecule has 0 saturated carbocycles. The normalized spacial score (nSPS) is 14.0. The van der Waals surface area contributed by atoms with Crippen LogP contribution in [0.3, 0.4) is 0 Å². The summed E-state index contributed by atoms with van der Waals surface area (Å²) in [5.74, 6) is -0.332. The molecule has 1 aromatic carbocycles. The lowest BCUT2D eigenvalue weighted by Gasteiger charge is -2.23. The standard InChI is InChI=1S/C16H13FIN5/c1-7-4-12-15(22-16(7)18)13(11(19)6-20-12)8-2-3-10(17)14-9(8)5-21-23-14/h2-5,20H,6,19H2,1H3,(H,21,23). The molecular weight excluding hydrogens is 408 g/mol. The molecule has 7 heteroatoms. The molecule has 0 unspecified atom stereocenters. The van der Waals surface area contributed by atoms with Crippen LogP contribution in [0.15, 0.2) is 30.1 Å². The number of anilines is 1. The maximum absolute atomic E-state index is 13.9. The molecule has 116 valence electrons. The van der Waals surface area contributed by atoms with Crippen molar-refractivity contribution in [1.29, 1.82) is 0 Å². The first kappa shape index (κ1) is 14.4. The summed E-state index contributed by atoms with van der Waals surface area (Å²) >= 11 is 2.21. The van der Waals surface area contributed by atoms with Gasteiger partial charge in [0.1, 0.15) is 15.0 Å². The second-order valence-corrected chi connectivity index (χ2v) is 6.52. The summed E-state index contributed by atoms with van der Waals surface area (Å²) in [5, 5.41) is 10.7. The highest BCUT2D eigenvalue weighted by Gasteiger charge is 2.23. The van der Waals surface area contributed by atoms with Crippen molar-refractivity contribution in [1.82, 2.24) is 15.2 Å². The zero-order valence-corrected chi connectivity index (χ0v) is 14.4. The van der Waals surface area contributed by atoms with E-state index in [0.717, 1.165) is 31.8 Å². The average molecular weight is 421 g/mol. The van der Waals surface area contributed by atoms with Crippen molar-refractivity contribution in [3.63, 3.8) is 0 Å². The second-order valence-electron chi connectivity index (χ2n) is 5.50. The first-order chi connectivity index (χ1) is 11.1. The molecule has 0 amide bonds. The van der Waals surface area contributed by atoms with Gasteiger partial charge in [-0.1, -0.05) is 6.07 Å². The van der Waals surface area contributed by atoms with Crippen molar-refractivity contribution < 1.29 is 4.39 Å². The lowest BCUT2D eigenvalue weighted by molar-refractivity contribution is 0.636. The van der Waals surface area contributed by atoms with E-state index in [-0.39, 0.29) is 5.82 Å². The molecule has 1 aliphatic rings. The highest BCUT2D eigenvalue weighted by Crippen LogP contribution is 2.37. The smallest absolute Gasteiger partial charge is 0.148 e. The van der Waals surface area contributed by atoms with Crippen molar-refractivity contribution in [3.05, 3.63) is 56.4 Å². The summed E-state index contributed by atoms with van der Waals surface area (Å²) in [6.07, 6.45) is 1.62. The number of halogens is 2. The number of nitrogens with two attached hydrogens (primary N) is 1. The van der Waals surface area contributed by atoms with Crippen molar-refractivity contribution >= 4 is 44.8 Å². The Bertz CT molecular complexity index is 976. The van der Waals surface area contributed by atoms with Crippen LogP contribution in [0.1, 0.15) is 16.8 Å². The third kappa shape index (κ3) is 2.18. The minimum atomic E-state index is -0.332. The Balaban J connectivity index is 2.03. The molecule has 0 fully saturated rings. The van der Waals surface area contributed by atoms with Gasteiger partial charge < -0.3 is 11.1 Å². The molecular formula is C16H13FIN5. The zero-order valence-electron chi connectivity index (χ0n) is 12.2. The van der Waals surface area contributed by atoms with Gasteiger partial charge in [0.25, 0.3) is 0 Å². The minimum absolute atomic E-state index is 0.332. The Labute approximate surface area is 145 Å². The quantitative estimate of drug-likeness (QED) is 0.417. The minimum Gasteiger partial charge on any atom is -0.400 e. The number of hydrogen-bond acceptors (Lipinski definition) is 4. The molecule has 2 aromatic heterocycles. The number of aromatic amines is 1. The fourth-order valence-electron chi connectivity index (χ4n) is 2.87. The number of fused-ring (bicyclic) bond motifs is 2. The monoisotopic (exact) mass is 421 g/mol. The van der Waals surface area contributed by atoms with Crippen LogP contribution in [-0.2, 0) is 0 Å². The highest BCUT2D eigenvalue weighted by molar-refractivity contribution is 14.1. The lowest BCUT2D eigenvalue weighted by atomic mass is 9.93. The number of rotatable bonds is 1. The van der Waals surface area contributed by atoms with Gasteiger partial charge >= 0.3 is 0 Å². The summed E-state index contributed by atoms with van der Waals surface area (Å²) in [6.45, 7) is 2.55. The van der Waals surface area contributed by atoms with Crippen LogP contribution >= 0.6 is 22.6 Å². The summed E-state index contributed by atoms with van der Waals surface area (Å²) in [4.78, 5) is 4.70. The van der Waals surface area contributed by atoms with Gasteiger partial charge in [0.2, 0.25) is 0 Å².